The molecule has 1 nitrogen and oxygen atoms in total. The first kappa shape index (κ1) is 9.20. The molecule has 1 atom stereocenters. The van der Waals surface area contributed by atoms with E-state index in [1.54, 1.807) is 0 Å². The van der Waals surface area contributed by atoms with Gasteiger partial charge >= 0.3 is 0 Å². The lowest BCUT2D eigenvalue weighted by molar-refractivity contribution is -0.109. The van der Waals surface area contributed by atoms with Crippen molar-refractivity contribution in [1.29, 1.82) is 0 Å². The normalized spacial score (nSPS) is 21.4. The summed E-state index contributed by atoms with van der Waals surface area (Å²) in [6, 6.07) is 10.2. The molecule has 14 heavy (non-hydrogen) atoms. The van der Waals surface area contributed by atoms with E-state index < -0.39 is 0 Å². The Morgan fingerprint density at radius 3 is 2.71 bits per heavy atom. The summed E-state index contributed by atoms with van der Waals surface area (Å²) in [5.41, 5.74) is 2.41. The molecule has 0 aliphatic heterocycles. The lowest BCUT2D eigenvalue weighted by Crippen LogP contribution is -2.08. The lowest BCUT2D eigenvalue weighted by Gasteiger charge is -2.19. The second-order valence-corrected chi connectivity index (χ2v) is 3.70. The Kier molecular flexibility index (Phi) is 2.78. The third kappa shape index (κ3) is 1.77. The van der Waals surface area contributed by atoms with Crippen LogP contribution in [0.1, 0.15) is 24.8 Å². The Bertz CT molecular complexity index is 338. The maximum absolute atomic E-state index is 10.9. The van der Waals surface area contributed by atoms with E-state index >= 15 is 0 Å². The zero-order valence-corrected chi connectivity index (χ0v) is 8.15. The van der Waals surface area contributed by atoms with Crippen LogP contribution in [0.15, 0.2) is 36.4 Å². The van der Waals surface area contributed by atoms with Crippen molar-refractivity contribution in [2.45, 2.75) is 19.3 Å². The summed E-state index contributed by atoms with van der Waals surface area (Å²) in [7, 11) is 0. The van der Waals surface area contributed by atoms with Gasteiger partial charge in [0.2, 0.25) is 0 Å². The van der Waals surface area contributed by atoms with E-state index in [1.165, 1.54) is 11.1 Å². The van der Waals surface area contributed by atoms with Gasteiger partial charge in [-0.2, -0.15) is 0 Å². The number of rotatable bonds is 2. The quantitative estimate of drug-likeness (QED) is 0.649. The van der Waals surface area contributed by atoms with Gasteiger partial charge in [0, 0.05) is 5.92 Å². The molecule has 1 aliphatic rings. The largest absolute Gasteiger partial charge is 0.303 e. The maximum Gasteiger partial charge on any atom is 0.127 e. The van der Waals surface area contributed by atoms with Gasteiger partial charge in [-0.25, -0.2) is 0 Å². The molecule has 0 bridgehead atoms. The van der Waals surface area contributed by atoms with Crippen molar-refractivity contribution in [3.8, 4) is 0 Å². The molecule has 0 fully saturated rings. The van der Waals surface area contributed by atoms with Crippen LogP contribution in [0.4, 0.5) is 0 Å². The highest BCUT2D eigenvalue weighted by molar-refractivity contribution is 5.81. The van der Waals surface area contributed by atoms with Crippen LogP contribution in [0.3, 0.4) is 0 Å². The monoisotopic (exact) mass is 186 g/mol. The van der Waals surface area contributed by atoms with Gasteiger partial charge in [-0.15, -0.1) is 0 Å². The standard InChI is InChI=1S/C13H14O/c14-10-12-8-4-5-9-13(12)11-6-2-1-3-7-11/h1-3,6-7,9-10,12H,4-5,8H2. The number of carbonyl (C=O) groups excluding carboxylic acids is 1. The van der Waals surface area contributed by atoms with Crippen LogP contribution in [-0.4, -0.2) is 6.29 Å². The predicted octanol–water partition coefficient (Wildman–Crippen LogP) is 3.07. The summed E-state index contributed by atoms with van der Waals surface area (Å²) in [5, 5.41) is 0. The zero-order valence-electron chi connectivity index (χ0n) is 8.15. The van der Waals surface area contributed by atoms with Crippen molar-refractivity contribution in [3.05, 3.63) is 42.0 Å². The molecule has 1 heteroatoms. The molecule has 0 amide bonds. The highest BCUT2D eigenvalue weighted by atomic mass is 16.1. The molecule has 1 aromatic carbocycles. The van der Waals surface area contributed by atoms with Crippen molar-refractivity contribution in [2.24, 2.45) is 5.92 Å². The molecule has 0 heterocycles. The van der Waals surface area contributed by atoms with Gasteiger partial charge in [-0.1, -0.05) is 36.4 Å². The Morgan fingerprint density at radius 1 is 1.21 bits per heavy atom. The average Bonchev–Trinajstić information content (AvgIpc) is 2.30. The summed E-state index contributed by atoms with van der Waals surface area (Å²) in [6.45, 7) is 0. The fourth-order valence-corrected chi connectivity index (χ4v) is 2.01. The third-order valence-electron chi connectivity index (χ3n) is 2.75. The second-order valence-electron chi connectivity index (χ2n) is 3.70. The number of benzene rings is 1. The number of hydrogen-bond donors (Lipinski definition) is 0. The van der Waals surface area contributed by atoms with Crippen molar-refractivity contribution < 1.29 is 4.79 Å². The molecule has 1 unspecified atom stereocenters. The van der Waals surface area contributed by atoms with Crippen LogP contribution in [-0.2, 0) is 4.79 Å². The van der Waals surface area contributed by atoms with E-state index in [4.69, 9.17) is 0 Å². The fourth-order valence-electron chi connectivity index (χ4n) is 2.01. The van der Waals surface area contributed by atoms with Crippen LogP contribution < -0.4 is 0 Å². The Morgan fingerprint density at radius 2 is 2.00 bits per heavy atom. The van der Waals surface area contributed by atoms with Gasteiger partial charge < -0.3 is 4.79 Å². The highest BCUT2D eigenvalue weighted by Crippen LogP contribution is 2.30. The van der Waals surface area contributed by atoms with Crippen LogP contribution >= 0.6 is 0 Å². The van der Waals surface area contributed by atoms with Gasteiger partial charge in [0.15, 0.2) is 0 Å². The molecule has 1 aliphatic carbocycles. The minimum absolute atomic E-state index is 0.117. The molecule has 0 spiro atoms. The van der Waals surface area contributed by atoms with Crippen LogP contribution in [0.25, 0.3) is 5.57 Å². The first-order chi connectivity index (χ1) is 6.92. The molecule has 1 aromatic rings. The van der Waals surface area contributed by atoms with E-state index in [9.17, 15) is 4.79 Å². The van der Waals surface area contributed by atoms with Crippen molar-refractivity contribution in [1.82, 2.24) is 0 Å². The van der Waals surface area contributed by atoms with Gasteiger partial charge in [0.25, 0.3) is 0 Å². The molecule has 0 saturated carbocycles. The Labute approximate surface area is 84.5 Å². The maximum atomic E-state index is 10.9. The predicted molar refractivity (Wildman–Crippen MR) is 57.8 cm³/mol. The average molecular weight is 186 g/mol. The minimum Gasteiger partial charge on any atom is -0.303 e. The van der Waals surface area contributed by atoms with E-state index in [2.05, 4.69) is 18.2 Å². The van der Waals surface area contributed by atoms with Crippen molar-refractivity contribution >= 4 is 11.9 Å². The van der Waals surface area contributed by atoms with Crippen molar-refractivity contribution in [3.63, 3.8) is 0 Å². The van der Waals surface area contributed by atoms with Crippen LogP contribution in [0.5, 0.6) is 0 Å². The molecule has 0 radical (unpaired) electrons. The molecular formula is C13H14O. The molecule has 72 valence electrons. The summed E-state index contributed by atoms with van der Waals surface area (Å²) < 4.78 is 0. The van der Waals surface area contributed by atoms with Gasteiger partial charge in [-0.3, -0.25) is 0 Å². The summed E-state index contributed by atoms with van der Waals surface area (Å²) in [4.78, 5) is 10.9. The van der Waals surface area contributed by atoms with Gasteiger partial charge in [-0.05, 0) is 30.4 Å². The summed E-state index contributed by atoms with van der Waals surface area (Å²) >= 11 is 0. The number of allylic oxidation sites excluding steroid dienone is 2. The highest BCUT2D eigenvalue weighted by Gasteiger charge is 2.17. The molecule has 2 rings (SSSR count). The third-order valence-corrected chi connectivity index (χ3v) is 2.75. The first-order valence-electron chi connectivity index (χ1n) is 5.12. The van der Waals surface area contributed by atoms with E-state index in [0.29, 0.717) is 0 Å². The zero-order chi connectivity index (χ0) is 9.80. The molecular weight excluding hydrogens is 172 g/mol. The first-order valence-corrected chi connectivity index (χ1v) is 5.12. The smallest absolute Gasteiger partial charge is 0.127 e. The lowest BCUT2D eigenvalue weighted by atomic mass is 9.85. The SMILES string of the molecule is O=CC1CCCC=C1c1ccccc1. The Balaban J connectivity index is 2.32. The minimum atomic E-state index is 0.117. The molecule has 0 aromatic heterocycles. The summed E-state index contributed by atoms with van der Waals surface area (Å²) in [5.74, 6) is 0.117. The molecule has 0 saturated heterocycles. The topological polar surface area (TPSA) is 17.1 Å². The van der Waals surface area contributed by atoms with E-state index in [1.807, 2.05) is 18.2 Å². The van der Waals surface area contributed by atoms with E-state index in [-0.39, 0.29) is 5.92 Å². The van der Waals surface area contributed by atoms with Gasteiger partial charge in [0.05, 0.1) is 0 Å². The number of hydrogen-bond acceptors (Lipinski definition) is 1. The fraction of sp³-hybridized carbons (Fsp3) is 0.308. The Hall–Kier alpha value is -1.37. The number of carbonyl (C=O) groups is 1. The van der Waals surface area contributed by atoms with Crippen molar-refractivity contribution in [2.75, 3.05) is 0 Å². The number of aldehydes is 1. The van der Waals surface area contributed by atoms with E-state index in [0.717, 1.165) is 25.5 Å². The van der Waals surface area contributed by atoms with Crippen LogP contribution in [0.2, 0.25) is 0 Å². The second kappa shape index (κ2) is 4.23. The van der Waals surface area contributed by atoms with Crippen LogP contribution in [0, 0.1) is 5.92 Å². The van der Waals surface area contributed by atoms with Gasteiger partial charge in [0.1, 0.15) is 6.29 Å². The molecule has 0 N–H and O–H groups in total. The summed E-state index contributed by atoms with van der Waals surface area (Å²) in [6.07, 6.45) is 6.54.